The van der Waals surface area contributed by atoms with Crippen LogP contribution in [0.5, 0.6) is 0 Å². The van der Waals surface area contributed by atoms with Crippen molar-refractivity contribution in [1.29, 1.82) is 0 Å². The van der Waals surface area contributed by atoms with E-state index in [-0.39, 0.29) is 5.78 Å². The third kappa shape index (κ3) is 3.55. The molecule has 0 aliphatic rings. The lowest BCUT2D eigenvalue weighted by atomic mass is 10.2. The lowest BCUT2D eigenvalue weighted by Gasteiger charge is -1.98. The van der Waals surface area contributed by atoms with Crippen molar-refractivity contribution in [2.24, 2.45) is 10.7 Å². The Morgan fingerprint density at radius 3 is 1.91 bits per heavy atom. The maximum Gasteiger partial charge on any atom is 0.157 e. The van der Waals surface area contributed by atoms with Crippen molar-refractivity contribution < 1.29 is 4.79 Å². The molecule has 0 heterocycles. The summed E-state index contributed by atoms with van der Waals surface area (Å²) in [5, 5.41) is 0. The van der Waals surface area contributed by atoms with Crippen LogP contribution in [0.15, 0.2) is 16.3 Å². The van der Waals surface area contributed by atoms with Crippen LogP contribution in [0.25, 0.3) is 0 Å². The second kappa shape index (κ2) is 3.91. The van der Waals surface area contributed by atoms with Crippen LogP contribution in [0.1, 0.15) is 27.7 Å². The van der Waals surface area contributed by atoms with Gasteiger partial charge in [0.2, 0.25) is 0 Å². The lowest BCUT2D eigenvalue weighted by molar-refractivity contribution is -0.113. The summed E-state index contributed by atoms with van der Waals surface area (Å²) in [6, 6.07) is 0. The number of carbonyl (C=O) groups excluding carboxylic acids is 1. The molecular formula is C8H14N2O. The van der Waals surface area contributed by atoms with Gasteiger partial charge < -0.3 is 5.73 Å². The van der Waals surface area contributed by atoms with Crippen LogP contribution in [-0.4, -0.2) is 11.6 Å². The normalized spacial score (nSPS) is 14.4. The zero-order chi connectivity index (χ0) is 9.02. The van der Waals surface area contributed by atoms with Crippen LogP contribution < -0.4 is 5.73 Å². The fourth-order valence-corrected chi connectivity index (χ4v) is 0.603. The molecule has 0 bridgehead atoms. The van der Waals surface area contributed by atoms with Crippen LogP contribution in [0.3, 0.4) is 0 Å². The molecule has 3 nitrogen and oxygen atoms in total. The minimum Gasteiger partial charge on any atom is -0.387 e. The number of amidine groups is 1. The van der Waals surface area contributed by atoms with Gasteiger partial charge in [-0.15, -0.1) is 0 Å². The van der Waals surface area contributed by atoms with Crippen molar-refractivity contribution >= 4 is 11.6 Å². The van der Waals surface area contributed by atoms with Crippen molar-refractivity contribution in [3.05, 3.63) is 11.3 Å². The molecular weight excluding hydrogens is 140 g/mol. The van der Waals surface area contributed by atoms with Crippen molar-refractivity contribution in [2.75, 3.05) is 0 Å². The summed E-state index contributed by atoms with van der Waals surface area (Å²) in [6.07, 6.45) is 0. The van der Waals surface area contributed by atoms with Gasteiger partial charge in [0.25, 0.3) is 0 Å². The van der Waals surface area contributed by atoms with E-state index in [9.17, 15) is 4.79 Å². The second-order valence-electron chi connectivity index (χ2n) is 2.52. The van der Waals surface area contributed by atoms with E-state index < -0.39 is 0 Å². The minimum absolute atomic E-state index is 0.0347. The number of rotatable bonds is 2. The predicted molar refractivity (Wildman–Crippen MR) is 46.4 cm³/mol. The van der Waals surface area contributed by atoms with E-state index >= 15 is 0 Å². The maximum absolute atomic E-state index is 10.8. The van der Waals surface area contributed by atoms with E-state index in [0.29, 0.717) is 17.1 Å². The Labute approximate surface area is 67.0 Å². The highest BCUT2D eigenvalue weighted by Crippen LogP contribution is 2.04. The molecule has 0 aromatic heterocycles. The molecule has 0 atom stereocenters. The molecule has 0 saturated carbocycles. The van der Waals surface area contributed by atoms with Gasteiger partial charge in [-0.05, 0) is 27.7 Å². The van der Waals surface area contributed by atoms with Crippen molar-refractivity contribution in [1.82, 2.24) is 0 Å². The number of allylic oxidation sites excluding steroid dienone is 2. The Morgan fingerprint density at radius 1 is 1.18 bits per heavy atom. The van der Waals surface area contributed by atoms with Gasteiger partial charge in [-0.2, -0.15) is 0 Å². The van der Waals surface area contributed by atoms with Gasteiger partial charge >= 0.3 is 0 Å². The molecule has 0 unspecified atom stereocenters. The monoisotopic (exact) mass is 154 g/mol. The van der Waals surface area contributed by atoms with Crippen LogP contribution in [0.2, 0.25) is 0 Å². The highest BCUT2D eigenvalue weighted by Gasteiger charge is 1.99. The van der Waals surface area contributed by atoms with E-state index in [1.54, 1.807) is 20.8 Å². The topological polar surface area (TPSA) is 55.5 Å². The highest BCUT2D eigenvalue weighted by atomic mass is 16.1. The number of carbonyl (C=O) groups is 1. The Morgan fingerprint density at radius 2 is 1.64 bits per heavy atom. The van der Waals surface area contributed by atoms with Gasteiger partial charge in [-0.1, -0.05) is 0 Å². The third-order valence-corrected chi connectivity index (χ3v) is 1.41. The number of nitrogens with zero attached hydrogens (tertiary/aromatic N) is 1. The molecule has 62 valence electrons. The van der Waals surface area contributed by atoms with Crippen molar-refractivity contribution in [3.63, 3.8) is 0 Å². The first-order valence-corrected chi connectivity index (χ1v) is 3.44. The lowest BCUT2D eigenvalue weighted by Crippen LogP contribution is -2.06. The molecule has 0 radical (unpaired) electrons. The van der Waals surface area contributed by atoms with Crippen LogP contribution in [-0.2, 0) is 4.79 Å². The highest BCUT2D eigenvalue weighted by molar-refractivity contribution is 5.93. The number of hydrogen-bond acceptors (Lipinski definition) is 2. The van der Waals surface area contributed by atoms with Crippen molar-refractivity contribution in [2.45, 2.75) is 27.7 Å². The molecule has 0 aliphatic carbocycles. The predicted octanol–water partition coefficient (Wildman–Crippen LogP) is 1.25. The zero-order valence-electron chi connectivity index (χ0n) is 7.43. The smallest absolute Gasteiger partial charge is 0.157 e. The molecule has 3 heteroatoms. The fraction of sp³-hybridized carbons (Fsp3) is 0.500. The van der Waals surface area contributed by atoms with Crippen LogP contribution >= 0.6 is 0 Å². The summed E-state index contributed by atoms with van der Waals surface area (Å²) in [6.45, 7) is 6.72. The number of ketones is 1. The SMILES string of the molecule is CC(=O)/C(C)=C(C)\N=C(/C)N. The molecule has 0 aromatic rings. The number of nitrogens with two attached hydrogens (primary N) is 1. The number of aliphatic imine (C=N–C) groups is 1. The summed E-state index contributed by atoms with van der Waals surface area (Å²) in [4.78, 5) is 14.8. The van der Waals surface area contributed by atoms with Crippen LogP contribution in [0, 0.1) is 0 Å². The average molecular weight is 154 g/mol. The van der Waals surface area contributed by atoms with Crippen molar-refractivity contribution in [3.8, 4) is 0 Å². The van der Waals surface area contributed by atoms with E-state index in [1.165, 1.54) is 6.92 Å². The molecule has 2 N–H and O–H groups in total. The summed E-state index contributed by atoms with van der Waals surface area (Å²) < 4.78 is 0. The fourth-order valence-electron chi connectivity index (χ4n) is 0.603. The molecule has 0 saturated heterocycles. The first kappa shape index (κ1) is 9.88. The second-order valence-corrected chi connectivity index (χ2v) is 2.52. The van der Waals surface area contributed by atoms with E-state index in [0.717, 1.165) is 0 Å². The Hall–Kier alpha value is -1.12. The Balaban J connectivity index is 4.68. The molecule has 11 heavy (non-hydrogen) atoms. The third-order valence-electron chi connectivity index (χ3n) is 1.41. The van der Waals surface area contributed by atoms with Gasteiger partial charge in [-0.25, -0.2) is 4.99 Å². The van der Waals surface area contributed by atoms with E-state index in [1.807, 2.05) is 0 Å². The standard InChI is InChI=1S/C8H14N2O/c1-5(7(3)11)6(2)10-8(4)9/h1-4H3,(H2,9,10)/b6-5-. The molecule has 0 amide bonds. The van der Waals surface area contributed by atoms with Gasteiger partial charge in [0.1, 0.15) is 0 Å². The summed E-state index contributed by atoms with van der Waals surface area (Å²) in [5.74, 6) is 0.510. The molecule has 0 fully saturated rings. The Kier molecular flexibility index (Phi) is 3.51. The summed E-state index contributed by atoms with van der Waals surface area (Å²) >= 11 is 0. The first-order valence-electron chi connectivity index (χ1n) is 3.44. The molecule has 0 aliphatic heterocycles. The van der Waals surface area contributed by atoms with E-state index in [2.05, 4.69) is 4.99 Å². The largest absolute Gasteiger partial charge is 0.387 e. The number of hydrogen-bond donors (Lipinski definition) is 1. The minimum atomic E-state index is 0.0347. The summed E-state index contributed by atoms with van der Waals surface area (Å²) in [5.41, 5.74) is 6.69. The average Bonchev–Trinajstić information content (AvgIpc) is 1.84. The number of Topliss-reactive ketones (excluding diaryl/α,β-unsaturated/α-hetero) is 1. The summed E-state index contributed by atoms with van der Waals surface area (Å²) in [7, 11) is 0. The van der Waals surface area contributed by atoms with Gasteiger partial charge in [0.15, 0.2) is 5.78 Å². The quantitative estimate of drug-likeness (QED) is 0.369. The molecule has 0 spiro atoms. The first-order chi connectivity index (χ1) is 4.95. The van der Waals surface area contributed by atoms with Crippen LogP contribution in [0.4, 0.5) is 0 Å². The van der Waals surface area contributed by atoms with Gasteiger partial charge in [0.05, 0.1) is 5.84 Å². The molecule has 0 rings (SSSR count). The Bertz CT molecular complexity index is 222. The van der Waals surface area contributed by atoms with E-state index in [4.69, 9.17) is 5.73 Å². The van der Waals surface area contributed by atoms with Gasteiger partial charge in [0, 0.05) is 11.3 Å². The maximum atomic E-state index is 10.8. The zero-order valence-corrected chi connectivity index (χ0v) is 7.43. The van der Waals surface area contributed by atoms with Gasteiger partial charge in [-0.3, -0.25) is 4.79 Å². The molecule has 0 aromatic carbocycles.